The first-order valence-electron chi connectivity index (χ1n) is 9.54. The van der Waals surface area contributed by atoms with Gasteiger partial charge in [-0.1, -0.05) is 30.3 Å². The number of azo groups is 1. The number of nitrogen functional groups attached to an aromatic ring is 1. The van der Waals surface area contributed by atoms with Gasteiger partial charge in [-0.25, -0.2) is 4.98 Å². The molecule has 0 fully saturated rings. The summed E-state index contributed by atoms with van der Waals surface area (Å²) in [5.74, 6) is 0. The van der Waals surface area contributed by atoms with Gasteiger partial charge in [0.25, 0.3) is 0 Å². The van der Waals surface area contributed by atoms with Crippen molar-refractivity contribution in [2.24, 2.45) is 10.2 Å². The molecule has 0 atom stereocenters. The second kappa shape index (κ2) is 7.95. The van der Waals surface area contributed by atoms with Gasteiger partial charge >= 0.3 is 6.18 Å². The molecule has 0 aliphatic rings. The fraction of sp³-hybridized carbons (Fsp3) is 0.0435. The lowest BCUT2D eigenvalue weighted by Crippen LogP contribution is -2.06. The van der Waals surface area contributed by atoms with E-state index >= 15 is 0 Å². The Morgan fingerprint density at radius 2 is 1.79 bits per heavy atom. The van der Waals surface area contributed by atoms with Crippen LogP contribution in [0.25, 0.3) is 31.6 Å². The summed E-state index contributed by atoms with van der Waals surface area (Å²) in [5, 5.41) is 20.9. The molecule has 0 amide bonds. The van der Waals surface area contributed by atoms with E-state index in [4.69, 9.17) is 5.73 Å². The van der Waals surface area contributed by atoms with Gasteiger partial charge in [0.2, 0.25) is 0 Å². The highest BCUT2D eigenvalue weighted by Crippen LogP contribution is 2.46. The number of thiophene rings is 2. The Bertz CT molecular complexity index is 1580. The lowest BCUT2D eigenvalue weighted by molar-refractivity contribution is -0.136. The number of pyridine rings is 1. The Labute approximate surface area is 193 Å². The van der Waals surface area contributed by atoms with Crippen molar-refractivity contribution in [2.45, 2.75) is 6.18 Å². The predicted octanol–water partition coefficient (Wildman–Crippen LogP) is 8.07. The number of hydrogen-bond acceptors (Lipinski definition) is 7. The topological polar surface area (TPSA) is 87.4 Å². The summed E-state index contributed by atoms with van der Waals surface area (Å²) in [5.41, 5.74) is 6.15. The minimum Gasteiger partial charge on any atom is -0.398 e. The summed E-state index contributed by atoms with van der Waals surface area (Å²) in [6, 6.07) is 16.9. The second-order valence-electron chi connectivity index (χ2n) is 7.02. The second-order valence-corrected chi connectivity index (χ2v) is 8.97. The average molecular weight is 480 g/mol. The highest BCUT2D eigenvalue weighted by Gasteiger charge is 2.36. The van der Waals surface area contributed by atoms with E-state index in [0.717, 1.165) is 22.8 Å². The van der Waals surface area contributed by atoms with Crippen molar-refractivity contribution < 1.29 is 13.2 Å². The van der Waals surface area contributed by atoms with Gasteiger partial charge in [-0.05, 0) is 29.6 Å². The van der Waals surface area contributed by atoms with Gasteiger partial charge in [-0.3, -0.25) is 0 Å². The van der Waals surface area contributed by atoms with Crippen LogP contribution in [0.3, 0.4) is 0 Å². The highest BCUT2D eigenvalue weighted by molar-refractivity contribution is 7.20. The molecule has 2 N–H and O–H groups in total. The summed E-state index contributed by atoms with van der Waals surface area (Å²) >= 11 is 2.15. The van der Waals surface area contributed by atoms with Gasteiger partial charge < -0.3 is 5.73 Å². The number of benzene rings is 2. The minimum atomic E-state index is -4.67. The van der Waals surface area contributed by atoms with E-state index in [1.54, 1.807) is 41.8 Å². The van der Waals surface area contributed by atoms with Gasteiger partial charge in [0.05, 0.1) is 27.2 Å². The molecule has 10 heteroatoms. The van der Waals surface area contributed by atoms with Crippen molar-refractivity contribution in [3.8, 4) is 16.6 Å². The molecule has 3 aromatic heterocycles. The monoisotopic (exact) mass is 479 g/mol. The van der Waals surface area contributed by atoms with Crippen LogP contribution in [0.1, 0.15) is 10.4 Å². The zero-order valence-corrected chi connectivity index (χ0v) is 18.2. The molecule has 5 rings (SSSR count). The lowest BCUT2D eigenvalue weighted by atomic mass is 10.1. The molecule has 0 aliphatic heterocycles. The summed E-state index contributed by atoms with van der Waals surface area (Å²) < 4.78 is 42.2. The highest BCUT2D eigenvalue weighted by atomic mass is 32.1. The van der Waals surface area contributed by atoms with Crippen LogP contribution < -0.4 is 5.73 Å². The van der Waals surface area contributed by atoms with Crippen LogP contribution in [0.15, 0.2) is 70.2 Å². The molecular weight excluding hydrogens is 467 g/mol. The maximum Gasteiger partial charge on any atom is 0.417 e. The third-order valence-electron chi connectivity index (χ3n) is 5.01. The van der Waals surface area contributed by atoms with Crippen molar-refractivity contribution in [3.05, 3.63) is 70.4 Å². The van der Waals surface area contributed by atoms with Crippen molar-refractivity contribution in [3.63, 3.8) is 0 Å². The van der Waals surface area contributed by atoms with E-state index in [-0.39, 0.29) is 26.5 Å². The first-order chi connectivity index (χ1) is 15.9. The standard InChI is InChI=1S/C23H12F3N5S2/c24-23(25,26)14-10-17(18-6-3-9-32-18)29-22-20(14)21(19(11-27)33-22)31-30-16-8-7-15(28)12-4-1-2-5-13(12)16/h1-10H,28H2. The van der Waals surface area contributed by atoms with Crippen LogP contribution in [0.4, 0.5) is 30.2 Å². The van der Waals surface area contributed by atoms with Crippen LogP contribution in [0, 0.1) is 11.3 Å². The maximum absolute atomic E-state index is 14.1. The number of rotatable bonds is 3. The smallest absolute Gasteiger partial charge is 0.398 e. The predicted molar refractivity (Wildman–Crippen MR) is 125 cm³/mol. The zero-order chi connectivity index (χ0) is 23.2. The molecule has 0 saturated carbocycles. The number of halogens is 3. The van der Waals surface area contributed by atoms with Crippen molar-refractivity contribution in [1.82, 2.24) is 4.98 Å². The van der Waals surface area contributed by atoms with E-state index in [1.165, 1.54) is 11.3 Å². The molecule has 0 radical (unpaired) electrons. The number of fused-ring (bicyclic) bond motifs is 2. The molecule has 0 aliphatic carbocycles. The van der Waals surface area contributed by atoms with E-state index in [2.05, 4.69) is 15.2 Å². The van der Waals surface area contributed by atoms with Gasteiger partial charge in [-0.15, -0.1) is 32.9 Å². The lowest BCUT2D eigenvalue weighted by Gasteiger charge is -2.10. The minimum absolute atomic E-state index is 0.00910. The molecule has 0 bridgehead atoms. The molecule has 3 heterocycles. The molecule has 5 aromatic rings. The number of aromatic nitrogens is 1. The summed E-state index contributed by atoms with van der Waals surface area (Å²) in [6.45, 7) is 0. The van der Waals surface area contributed by atoms with Crippen LogP contribution in [0.5, 0.6) is 0 Å². The third kappa shape index (κ3) is 3.71. The van der Waals surface area contributed by atoms with E-state index in [1.807, 2.05) is 18.2 Å². The van der Waals surface area contributed by atoms with Gasteiger partial charge in [0.15, 0.2) is 0 Å². The molecule has 0 spiro atoms. The van der Waals surface area contributed by atoms with Gasteiger partial charge in [0, 0.05) is 16.5 Å². The Kier molecular flexibility index (Phi) is 5.08. The summed E-state index contributed by atoms with van der Waals surface area (Å²) in [4.78, 5) is 5.09. The number of nitrogens with zero attached hydrogens (tertiary/aromatic N) is 4. The molecule has 33 heavy (non-hydrogen) atoms. The Morgan fingerprint density at radius 1 is 1.00 bits per heavy atom. The fourth-order valence-electron chi connectivity index (χ4n) is 3.53. The Morgan fingerprint density at radius 3 is 2.48 bits per heavy atom. The van der Waals surface area contributed by atoms with Crippen molar-refractivity contribution in [1.29, 1.82) is 5.26 Å². The third-order valence-corrected chi connectivity index (χ3v) is 6.88. The zero-order valence-electron chi connectivity index (χ0n) is 16.6. The number of nitriles is 1. The van der Waals surface area contributed by atoms with E-state index < -0.39 is 11.7 Å². The number of nitrogens with two attached hydrogens (primary N) is 1. The number of anilines is 1. The molecule has 0 saturated heterocycles. The van der Waals surface area contributed by atoms with Gasteiger partial charge in [0.1, 0.15) is 21.5 Å². The fourth-order valence-corrected chi connectivity index (χ4v) is 5.14. The van der Waals surface area contributed by atoms with Crippen LogP contribution in [-0.4, -0.2) is 4.98 Å². The first-order valence-corrected chi connectivity index (χ1v) is 11.2. The molecule has 2 aromatic carbocycles. The average Bonchev–Trinajstić information content (AvgIpc) is 3.45. The molecule has 5 nitrogen and oxygen atoms in total. The normalized spacial score (nSPS) is 12.1. The largest absolute Gasteiger partial charge is 0.417 e. The molecule has 0 unspecified atom stereocenters. The molecular formula is C23H12F3N5S2. The van der Waals surface area contributed by atoms with Crippen LogP contribution >= 0.6 is 22.7 Å². The Hall–Kier alpha value is -3.81. The number of alkyl halides is 3. The van der Waals surface area contributed by atoms with E-state index in [9.17, 15) is 18.4 Å². The quantitative estimate of drug-likeness (QED) is 0.210. The van der Waals surface area contributed by atoms with Crippen LogP contribution in [0.2, 0.25) is 0 Å². The summed E-state index contributed by atoms with van der Waals surface area (Å²) in [7, 11) is 0. The maximum atomic E-state index is 14.1. The number of hydrogen-bond donors (Lipinski definition) is 1. The van der Waals surface area contributed by atoms with Gasteiger partial charge in [-0.2, -0.15) is 18.4 Å². The molecule has 162 valence electrons. The Balaban J connectivity index is 1.74. The first kappa shape index (κ1) is 21.1. The summed E-state index contributed by atoms with van der Waals surface area (Å²) in [6.07, 6.45) is -4.67. The SMILES string of the molecule is N#Cc1sc2nc(-c3cccs3)cc(C(F)(F)F)c2c1N=Nc1ccc(N)c2ccccc12. The van der Waals surface area contributed by atoms with Crippen molar-refractivity contribution >= 4 is 60.7 Å². The van der Waals surface area contributed by atoms with E-state index in [0.29, 0.717) is 21.6 Å². The van der Waals surface area contributed by atoms with Crippen molar-refractivity contribution in [2.75, 3.05) is 5.73 Å². The van der Waals surface area contributed by atoms with Crippen LogP contribution in [-0.2, 0) is 6.18 Å².